The van der Waals surface area contributed by atoms with Crippen LogP contribution in [0.3, 0.4) is 0 Å². The minimum Gasteiger partial charge on any atom is -0.456 e. The van der Waals surface area contributed by atoms with E-state index in [0.717, 1.165) is 5.56 Å². The number of halogens is 1. The molecule has 5 nitrogen and oxygen atoms in total. The van der Waals surface area contributed by atoms with Gasteiger partial charge in [-0.3, -0.25) is 14.2 Å². The van der Waals surface area contributed by atoms with Gasteiger partial charge in [0.25, 0.3) is 5.56 Å². The van der Waals surface area contributed by atoms with Gasteiger partial charge in [-0.2, -0.15) is 0 Å². The first-order valence-electron chi connectivity index (χ1n) is 7.44. The van der Waals surface area contributed by atoms with Gasteiger partial charge in [0, 0.05) is 5.02 Å². The van der Waals surface area contributed by atoms with Crippen LogP contribution in [0.15, 0.2) is 59.5 Å². The fourth-order valence-electron chi connectivity index (χ4n) is 2.44. The van der Waals surface area contributed by atoms with Crippen molar-refractivity contribution in [2.24, 2.45) is 0 Å². The molecule has 0 amide bonds. The normalized spacial score (nSPS) is 12.1. The molecule has 0 saturated carbocycles. The van der Waals surface area contributed by atoms with Crippen molar-refractivity contribution in [3.8, 4) is 0 Å². The summed E-state index contributed by atoms with van der Waals surface area (Å²) in [5, 5.41) is 0.618. The molecule has 0 spiro atoms. The van der Waals surface area contributed by atoms with Crippen LogP contribution in [0.25, 0.3) is 11.0 Å². The summed E-state index contributed by atoms with van der Waals surface area (Å²) in [5.41, 5.74) is 1.74. The summed E-state index contributed by atoms with van der Waals surface area (Å²) in [4.78, 5) is 28.3. The van der Waals surface area contributed by atoms with Gasteiger partial charge in [-0.1, -0.05) is 35.9 Å². The second-order valence-corrected chi connectivity index (χ2v) is 5.79. The molecule has 0 bridgehead atoms. The molecule has 6 heteroatoms. The van der Waals surface area contributed by atoms with E-state index >= 15 is 0 Å². The van der Waals surface area contributed by atoms with Crippen molar-refractivity contribution in [3.05, 3.63) is 75.7 Å². The van der Waals surface area contributed by atoms with Gasteiger partial charge in [0.2, 0.25) is 0 Å². The van der Waals surface area contributed by atoms with Gasteiger partial charge in [-0.05, 0) is 36.8 Å². The van der Waals surface area contributed by atoms with Gasteiger partial charge in [0.1, 0.15) is 12.6 Å². The fraction of sp³-hybridized carbons (Fsp3) is 0.167. The molecule has 122 valence electrons. The lowest BCUT2D eigenvalue weighted by molar-refractivity contribution is -0.149. The SMILES string of the molecule is CC(OC(=O)Cn1c(=O)cnc2ccccc21)c1ccc(Cl)cc1. The van der Waals surface area contributed by atoms with Crippen molar-refractivity contribution in [1.29, 1.82) is 0 Å². The molecule has 1 unspecified atom stereocenters. The molecule has 0 N–H and O–H groups in total. The standard InChI is InChI=1S/C18H15ClN2O3/c1-12(13-6-8-14(19)9-7-13)24-18(23)11-21-16-5-3-2-4-15(16)20-10-17(21)22/h2-10,12H,11H2,1H3. The summed E-state index contributed by atoms with van der Waals surface area (Å²) >= 11 is 5.85. The number of aromatic nitrogens is 2. The predicted octanol–water partition coefficient (Wildman–Crippen LogP) is 3.35. The highest BCUT2D eigenvalue weighted by atomic mass is 35.5. The molecule has 0 saturated heterocycles. The molecule has 0 aliphatic rings. The van der Waals surface area contributed by atoms with Crippen LogP contribution in [0.2, 0.25) is 5.02 Å². The summed E-state index contributed by atoms with van der Waals surface area (Å²) in [6.07, 6.45) is 0.775. The maximum Gasteiger partial charge on any atom is 0.326 e. The lowest BCUT2D eigenvalue weighted by Crippen LogP contribution is -2.26. The van der Waals surface area contributed by atoms with Gasteiger partial charge < -0.3 is 4.74 Å². The van der Waals surface area contributed by atoms with E-state index in [1.54, 1.807) is 49.4 Å². The largest absolute Gasteiger partial charge is 0.456 e. The van der Waals surface area contributed by atoms with E-state index in [4.69, 9.17) is 16.3 Å². The van der Waals surface area contributed by atoms with E-state index < -0.39 is 12.1 Å². The molecule has 2 aromatic carbocycles. The molecule has 3 rings (SSSR count). The lowest BCUT2D eigenvalue weighted by Gasteiger charge is -2.15. The number of carbonyl (C=O) groups excluding carboxylic acids is 1. The van der Waals surface area contributed by atoms with Gasteiger partial charge in [0.05, 0.1) is 17.2 Å². The van der Waals surface area contributed by atoms with Gasteiger partial charge in [-0.25, -0.2) is 4.98 Å². The molecule has 1 heterocycles. The topological polar surface area (TPSA) is 61.2 Å². The van der Waals surface area contributed by atoms with Crippen LogP contribution in [0.1, 0.15) is 18.6 Å². The first kappa shape index (κ1) is 16.2. The van der Waals surface area contributed by atoms with E-state index in [9.17, 15) is 9.59 Å². The average molecular weight is 343 g/mol. The third kappa shape index (κ3) is 3.46. The summed E-state index contributed by atoms with van der Waals surface area (Å²) in [6.45, 7) is 1.61. The number of hydrogen-bond acceptors (Lipinski definition) is 4. The van der Waals surface area contributed by atoms with Crippen LogP contribution in [0.5, 0.6) is 0 Å². The summed E-state index contributed by atoms with van der Waals surface area (Å²) in [7, 11) is 0. The number of carbonyl (C=O) groups is 1. The molecule has 0 aliphatic heterocycles. The fourth-order valence-corrected chi connectivity index (χ4v) is 2.57. The number of nitrogens with zero attached hydrogens (tertiary/aromatic N) is 2. The summed E-state index contributed by atoms with van der Waals surface area (Å²) in [5.74, 6) is -0.490. The zero-order chi connectivity index (χ0) is 17.1. The second kappa shape index (κ2) is 6.84. The summed E-state index contributed by atoms with van der Waals surface area (Å²) < 4.78 is 6.78. The number of ether oxygens (including phenoxy) is 1. The Kier molecular flexibility index (Phi) is 4.62. The maximum absolute atomic E-state index is 12.2. The number of rotatable bonds is 4. The Morgan fingerprint density at radius 2 is 1.92 bits per heavy atom. The summed E-state index contributed by atoms with van der Waals surface area (Å²) in [6, 6.07) is 14.2. The number of hydrogen-bond donors (Lipinski definition) is 0. The molecule has 0 radical (unpaired) electrons. The quantitative estimate of drug-likeness (QED) is 0.682. The van der Waals surface area contributed by atoms with Crippen LogP contribution in [0, 0.1) is 0 Å². The Labute approximate surface area is 143 Å². The van der Waals surface area contributed by atoms with E-state index in [-0.39, 0.29) is 12.1 Å². The van der Waals surface area contributed by atoms with Crippen LogP contribution in [0.4, 0.5) is 0 Å². The van der Waals surface area contributed by atoms with Crippen molar-refractivity contribution in [1.82, 2.24) is 9.55 Å². The predicted molar refractivity (Wildman–Crippen MR) is 92.0 cm³/mol. The van der Waals surface area contributed by atoms with E-state index in [0.29, 0.717) is 16.1 Å². The third-order valence-electron chi connectivity index (χ3n) is 3.69. The van der Waals surface area contributed by atoms with Crippen molar-refractivity contribution in [2.75, 3.05) is 0 Å². The minimum atomic E-state index is -0.490. The first-order chi connectivity index (χ1) is 11.5. The van der Waals surface area contributed by atoms with E-state index in [1.165, 1.54) is 10.8 Å². The maximum atomic E-state index is 12.2. The second-order valence-electron chi connectivity index (χ2n) is 5.35. The minimum absolute atomic E-state index is 0.167. The Morgan fingerprint density at radius 1 is 1.21 bits per heavy atom. The van der Waals surface area contributed by atoms with E-state index in [2.05, 4.69) is 4.98 Å². The Hall–Kier alpha value is -2.66. The Morgan fingerprint density at radius 3 is 2.67 bits per heavy atom. The van der Waals surface area contributed by atoms with Gasteiger partial charge >= 0.3 is 5.97 Å². The third-order valence-corrected chi connectivity index (χ3v) is 3.94. The first-order valence-corrected chi connectivity index (χ1v) is 7.82. The Bertz CT molecular complexity index is 935. The lowest BCUT2D eigenvalue weighted by atomic mass is 10.1. The molecule has 3 aromatic rings. The highest BCUT2D eigenvalue weighted by molar-refractivity contribution is 6.30. The van der Waals surface area contributed by atoms with Gasteiger partial charge in [-0.15, -0.1) is 0 Å². The van der Waals surface area contributed by atoms with Crippen molar-refractivity contribution >= 4 is 28.6 Å². The number of esters is 1. The van der Waals surface area contributed by atoms with Gasteiger partial charge in [0.15, 0.2) is 0 Å². The molecular weight excluding hydrogens is 328 g/mol. The van der Waals surface area contributed by atoms with Crippen molar-refractivity contribution < 1.29 is 9.53 Å². The zero-order valence-corrected chi connectivity index (χ0v) is 13.7. The van der Waals surface area contributed by atoms with Crippen molar-refractivity contribution in [2.45, 2.75) is 19.6 Å². The monoisotopic (exact) mass is 342 g/mol. The van der Waals surface area contributed by atoms with Crippen molar-refractivity contribution in [3.63, 3.8) is 0 Å². The van der Waals surface area contributed by atoms with Crippen LogP contribution in [-0.4, -0.2) is 15.5 Å². The molecular formula is C18H15ClN2O3. The highest BCUT2D eigenvalue weighted by Gasteiger charge is 2.14. The molecule has 1 atom stereocenters. The highest BCUT2D eigenvalue weighted by Crippen LogP contribution is 2.19. The van der Waals surface area contributed by atoms with E-state index in [1.807, 2.05) is 6.07 Å². The zero-order valence-electron chi connectivity index (χ0n) is 13.0. The average Bonchev–Trinajstić information content (AvgIpc) is 2.58. The van der Waals surface area contributed by atoms with Crippen LogP contribution in [-0.2, 0) is 16.1 Å². The molecule has 0 fully saturated rings. The molecule has 0 aliphatic carbocycles. The molecule has 24 heavy (non-hydrogen) atoms. The molecule has 1 aromatic heterocycles. The van der Waals surface area contributed by atoms with Crippen LogP contribution >= 0.6 is 11.6 Å². The number of fused-ring (bicyclic) bond motifs is 1. The van der Waals surface area contributed by atoms with Crippen LogP contribution < -0.4 is 5.56 Å². The number of para-hydroxylation sites is 2. The number of benzene rings is 2. The Balaban J connectivity index is 1.79. The smallest absolute Gasteiger partial charge is 0.326 e.